The normalized spacial score (nSPS) is 10.5. The van der Waals surface area contributed by atoms with Gasteiger partial charge in [-0.3, -0.25) is 0 Å². The molecule has 3 aromatic rings. The van der Waals surface area contributed by atoms with Crippen molar-refractivity contribution in [2.75, 3.05) is 12.4 Å². The minimum atomic E-state index is -0.319. The molecule has 2 aromatic carbocycles. The van der Waals surface area contributed by atoms with E-state index in [0.717, 1.165) is 22.6 Å². The van der Waals surface area contributed by atoms with Crippen LogP contribution in [-0.2, 0) is 6.54 Å². The van der Waals surface area contributed by atoms with E-state index < -0.39 is 0 Å². The van der Waals surface area contributed by atoms with E-state index in [0.29, 0.717) is 23.0 Å². The SMILES string of the molecule is COc1ccc(Cl)cc1NC(=O)NCc1cc(C)n(-c2ccccc2)c1C. The van der Waals surface area contributed by atoms with E-state index in [4.69, 9.17) is 16.3 Å². The van der Waals surface area contributed by atoms with Gasteiger partial charge < -0.3 is 19.9 Å². The van der Waals surface area contributed by atoms with Crippen LogP contribution in [0, 0.1) is 13.8 Å². The molecule has 1 aromatic heterocycles. The lowest BCUT2D eigenvalue weighted by Crippen LogP contribution is -2.28. The van der Waals surface area contributed by atoms with Gasteiger partial charge in [0, 0.05) is 28.6 Å². The summed E-state index contributed by atoms with van der Waals surface area (Å²) in [4.78, 5) is 12.3. The Morgan fingerprint density at radius 2 is 1.85 bits per heavy atom. The van der Waals surface area contributed by atoms with Gasteiger partial charge in [0.05, 0.1) is 12.8 Å². The zero-order chi connectivity index (χ0) is 19.4. The molecule has 1 heterocycles. The van der Waals surface area contributed by atoms with E-state index in [1.807, 2.05) is 18.2 Å². The molecule has 0 aliphatic carbocycles. The highest BCUT2D eigenvalue weighted by molar-refractivity contribution is 6.31. The summed E-state index contributed by atoms with van der Waals surface area (Å²) in [6.45, 7) is 4.52. The second kappa shape index (κ2) is 8.18. The number of anilines is 1. The van der Waals surface area contributed by atoms with Crippen LogP contribution in [0.1, 0.15) is 17.0 Å². The summed E-state index contributed by atoms with van der Waals surface area (Å²) in [5.41, 5.74) is 4.90. The molecule has 140 valence electrons. The Morgan fingerprint density at radius 3 is 2.56 bits per heavy atom. The molecule has 0 unspecified atom stereocenters. The maximum atomic E-state index is 12.3. The summed E-state index contributed by atoms with van der Waals surface area (Å²) in [5.74, 6) is 0.553. The molecule has 27 heavy (non-hydrogen) atoms. The summed E-state index contributed by atoms with van der Waals surface area (Å²) < 4.78 is 7.42. The van der Waals surface area contributed by atoms with Gasteiger partial charge in [-0.25, -0.2) is 4.79 Å². The fraction of sp³-hybridized carbons (Fsp3) is 0.190. The van der Waals surface area contributed by atoms with Crippen molar-refractivity contribution >= 4 is 23.3 Å². The van der Waals surface area contributed by atoms with Crippen LogP contribution in [0.5, 0.6) is 5.75 Å². The van der Waals surface area contributed by atoms with Crippen LogP contribution in [0.4, 0.5) is 10.5 Å². The molecule has 0 radical (unpaired) electrons. The van der Waals surface area contributed by atoms with E-state index in [1.165, 1.54) is 0 Å². The van der Waals surface area contributed by atoms with Crippen molar-refractivity contribution in [1.29, 1.82) is 0 Å². The first kappa shape index (κ1) is 18.9. The highest BCUT2D eigenvalue weighted by Gasteiger charge is 2.12. The number of para-hydroxylation sites is 1. The Bertz CT molecular complexity index is 952. The van der Waals surface area contributed by atoms with Crippen LogP contribution in [0.2, 0.25) is 5.02 Å². The van der Waals surface area contributed by atoms with Gasteiger partial charge in [-0.05, 0) is 55.8 Å². The number of aromatic nitrogens is 1. The van der Waals surface area contributed by atoms with Gasteiger partial charge in [-0.2, -0.15) is 0 Å². The van der Waals surface area contributed by atoms with Crippen molar-refractivity contribution in [1.82, 2.24) is 9.88 Å². The quantitative estimate of drug-likeness (QED) is 0.645. The number of amides is 2. The van der Waals surface area contributed by atoms with Crippen molar-refractivity contribution in [2.24, 2.45) is 0 Å². The first-order valence-corrected chi connectivity index (χ1v) is 8.99. The number of methoxy groups -OCH3 is 1. The van der Waals surface area contributed by atoms with Gasteiger partial charge in [0.25, 0.3) is 0 Å². The molecule has 5 nitrogen and oxygen atoms in total. The Balaban J connectivity index is 1.71. The fourth-order valence-corrected chi connectivity index (χ4v) is 3.27. The lowest BCUT2D eigenvalue weighted by Gasteiger charge is -2.12. The zero-order valence-corrected chi connectivity index (χ0v) is 16.3. The number of hydrogen-bond acceptors (Lipinski definition) is 2. The van der Waals surface area contributed by atoms with Crippen molar-refractivity contribution in [3.05, 3.63) is 76.6 Å². The van der Waals surface area contributed by atoms with Crippen molar-refractivity contribution in [2.45, 2.75) is 20.4 Å². The standard InChI is InChI=1S/C21H22ClN3O2/c1-14-11-16(15(2)25(14)18-7-5-4-6-8-18)13-23-21(26)24-19-12-17(22)9-10-20(19)27-3/h4-12H,13H2,1-3H3,(H2,23,24,26). The fourth-order valence-electron chi connectivity index (χ4n) is 3.10. The Hall–Kier alpha value is -2.92. The summed E-state index contributed by atoms with van der Waals surface area (Å²) >= 11 is 6.00. The molecule has 0 saturated carbocycles. The number of benzene rings is 2. The van der Waals surface area contributed by atoms with Crippen LogP contribution in [0.15, 0.2) is 54.6 Å². The van der Waals surface area contributed by atoms with E-state index in [-0.39, 0.29) is 6.03 Å². The monoisotopic (exact) mass is 383 g/mol. The van der Waals surface area contributed by atoms with Crippen LogP contribution in [0.3, 0.4) is 0 Å². The molecular weight excluding hydrogens is 362 g/mol. The molecule has 0 spiro atoms. The number of ether oxygens (including phenoxy) is 1. The summed E-state index contributed by atoms with van der Waals surface area (Å²) in [5, 5.41) is 6.19. The number of aryl methyl sites for hydroxylation is 1. The van der Waals surface area contributed by atoms with Gasteiger partial charge in [-0.15, -0.1) is 0 Å². The van der Waals surface area contributed by atoms with Crippen molar-refractivity contribution in [3.8, 4) is 11.4 Å². The van der Waals surface area contributed by atoms with Gasteiger partial charge in [-0.1, -0.05) is 29.8 Å². The maximum Gasteiger partial charge on any atom is 0.319 e. The highest BCUT2D eigenvalue weighted by atomic mass is 35.5. The van der Waals surface area contributed by atoms with Crippen LogP contribution in [-0.4, -0.2) is 17.7 Å². The second-order valence-electron chi connectivity index (χ2n) is 6.22. The topological polar surface area (TPSA) is 55.3 Å². The molecule has 6 heteroatoms. The molecule has 2 amide bonds. The summed E-state index contributed by atoms with van der Waals surface area (Å²) in [7, 11) is 1.55. The first-order valence-electron chi connectivity index (χ1n) is 8.61. The number of nitrogens with one attached hydrogen (secondary N) is 2. The van der Waals surface area contributed by atoms with Crippen LogP contribution in [0.25, 0.3) is 5.69 Å². The zero-order valence-electron chi connectivity index (χ0n) is 15.5. The lowest BCUT2D eigenvalue weighted by molar-refractivity contribution is 0.251. The third kappa shape index (κ3) is 4.26. The van der Waals surface area contributed by atoms with Crippen LogP contribution >= 0.6 is 11.6 Å². The molecule has 0 bridgehead atoms. The smallest absolute Gasteiger partial charge is 0.319 e. The number of rotatable bonds is 5. The Kier molecular flexibility index (Phi) is 5.72. The number of urea groups is 1. The molecule has 0 fully saturated rings. The molecule has 2 N–H and O–H groups in total. The average Bonchev–Trinajstić information content (AvgIpc) is 2.94. The number of nitrogens with zero attached hydrogens (tertiary/aromatic N) is 1. The van der Waals surface area contributed by atoms with Gasteiger partial charge in [0.15, 0.2) is 0 Å². The maximum absolute atomic E-state index is 12.3. The molecular formula is C21H22ClN3O2. The number of hydrogen-bond donors (Lipinski definition) is 2. The minimum Gasteiger partial charge on any atom is -0.495 e. The van der Waals surface area contributed by atoms with Crippen molar-refractivity contribution < 1.29 is 9.53 Å². The molecule has 0 aliphatic rings. The van der Waals surface area contributed by atoms with Crippen molar-refractivity contribution in [3.63, 3.8) is 0 Å². The van der Waals surface area contributed by atoms with Crippen LogP contribution < -0.4 is 15.4 Å². The third-order valence-corrected chi connectivity index (χ3v) is 4.63. The predicted molar refractivity (Wildman–Crippen MR) is 109 cm³/mol. The van der Waals surface area contributed by atoms with E-state index in [9.17, 15) is 4.79 Å². The second-order valence-corrected chi connectivity index (χ2v) is 6.66. The molecule has 0 atom stereocenters. The minimum absolute atomic E-state index is 0.319. The molecule has 0 saturated heterocycles. The predicted octanol–water partition coefficient (Wildman–Crippen LogP) is 5.08. The van der Waals surface area contributed by atoms with Gasteiger partial charge >= 0.3 is 6.03 Å². The Labute approximate surface area is 163 Å². The number of carbonyl (C=O) groups is 1. The van der Waals surface area contributed by atoms with E-state index in [2.05, 4.69) is 47.2 Å². The average molecular weight is 384 g/mol. The van der Waals surface area contributed by atoms with Gasteiger partial charge in [0.1, 0.15) is 5.75 Å². The Morgan fingerprint density at radius 1 is 1.11 bits per heavy atom. The summed E-state index contributed by atoms with van der Waals surface area (Å²) in [6.07, 6.45) is 0. The third-order valence-electron chi connectivity index (χ3n) is 4.40. The number of carbonyl (C=O) groups excluding carboxylic acids is 1. The highest BCUT2D eigenvalue weighted by Crippen LogP contribution is 2.27. The molecule has 3 rings (SSSR count). The first-order chi connectivity index (χ1) is 13.0. The van der Waals surface area contributed by atoms with E-state index in [1.54, 1.807) is 25.3 Å². The lowest BCUT2D eigenvalue weighted by atomic mass is 10.2. The number of halogens is 1. The molecule has 0 aliphatic heterocycles. The van der Waals surface area contributed by atoms with Gasteiger partial charge in [0.2, 0.25) is 0 Å². The van der Waals surface area contributed by atoms with E-state index >= 15 is 0 Å². The largest absolute Gasteiger partial charge is 0.495 e. The summed E-state index contributed by atoms with van der Waals surface area (Å²) in [6, 6.07) is 17.0.